The molecule has 0 saturated carbocycles. The van der Waals surface area contributed by atoms with Crippen LogP contribution >= 0.6 is 0 Å². The van der Waals surface area contributed by atoms with Crippen LogP contribution in [0.5, 0.6) is 5.75 Å². The van der Waals surface area contributed by atoms with Crippen molar-refractivity contribution >= 4 is 27.1 Å². The van der Waals surface area contributed by atoms with Crippen LogP contribution in [0, 0.1) is 10.1 Å². The van der Waals surface area contributed by atoms with Crippen LogP contribution in [0.1, 0.15) is 0 Å². The summed E-state index contributed by atoms with van der Waals surface area (Å²) in [6.07, 6.45) is 0. The van der Waals surface area contributed by atoms with Crippen molar-refractivity contribution in [1.82, 2.24) is 0 Å². The molecule has 0 spiro atoms. The van der Waals surface area contributed by atoms with Crippen LogP contribution in [0.2, 0.25) is 0 Å². The van der Waals surface area contributed by atoms with E-state index in [9.17, 15) is 18.5 Å². The molecular formula is C19H16N2O5S. The number of benzene rings is 3. The number of methoxy groups -OCH3 is 1. The van der Waals surface area contributed by atoms with Crippen molar-refractivity contribution in [3.8, 4) is 5.75 Å². The van der Waals surface area contributed by atoms with Gasteiger partial charge in [-0.25, -0.2) is 12.7 Å². The molecule has 0 radical (unpaired) electrons. The Morgan fingerprint density at radius 3 is 2.07 bits per heavy atom. The second kappa shape index (κ2) is 7.46. The van der Waals surface area contributed by atoms with Crippen molar-refractivity contribution in [3.05, 3.63) is 89.0 Å². The molecular weight excluding hydrogens is 368 g/mol. The lowest BCUT2D eigenvalue weighted by atomic mass is 10.2. The molecule has 0 aromatic heterocycles. The lowest BCUT2D eigenvalue weighted by Gasteiger charge is -2.24. The Balaban J connectivity index is 2.23. The third-order valence-electron chi connectivity index (χ3n) is 3.89. The van der Waals surface area contributed by atoms with E-state index in [0.29, 0.717) is 11.4 Å². The van der Waals surface area contributed by atoms with Crippen molar-refractivity contribution < 1.29 is 18.1 Å². The summed E-state index contributed by atoms with van der Waals surface area (Å²) < 4.78 is 32.8. The Kier molecular flexibility index (Phi) is 5.09. The quantitative estimate of drug-likeness (QED) is 0.471. The van der Waals surface area contributed by atoms with Crippen LogP contribution < -0.4 is 9.04 Å². The van der Waals surface area contributed by atoms with Gasteiger partial charge in [0.05, 0.1) is 22.6 Å². The first kappa shape index (κ1) is 18.4. The highest BCUT2D eigenvalue weighted by molar-refractivity contribution is 7.93. The van der Waals surface area contributed by atoms with E-state index in [4.69, 9.17) is 4.74 Å². The van der Waals surface area contributed by atoms with Gasteiger partial charge in [0.2, 0.25) is 0 Å². The van der Waals surface area contributed by atoms with Gasteiger partial charge in [-0.15, -0.1) is 0 Å². The Bertz CT molecular complexity index is 1050. The lowest BCUT2D eigenvalue weighted by molar-refractivity contribution is -0.384. The zero-order chi connectivity index (χ0) is 19.4. The molecule has 27 heavy (non-hydrogen) atoms. The van der Waals surface area contributed by atoms with Crippen molar-refractivity contribution in [3.63, 3.8) is 0 Å². The Morgan fingerprint density at radius 1 is 0.889 bits per heavy atom. The lowest BCUT2D eigenvalue weighted by Crippen LogP contribution is -2.27. The number of anilines is 2. The largest absolute Gasteiger partial charge is 0.497 e. The minimum atomic E-state index is -4.11. The summed E-state index contributed by atoms with van der Waals surface area (Å²) in [4.78, 5) is 10.9. The van der Waals surface area contributed by atoms with E-state index in [1.807, 2.05) is 0 Å². The Labute approximate surface area is 156 Å². The molecule has 0 aliphatic carbocycles. The molecule has 3 aromatic rings. The minimum Gasteiger partial charge on any atom is -0.497 e. The van der Waals surface area contributed by atoms with E-state index < -0.39 is 14.9 Å². The van der Waals surface area contributed by atoms with E-state index in [-0.39, 0.29) is 16.3 Å². The fourth-order valence-corrected chi connectivity index (χ4v) is 4.12. The summed E-state index contributed by atoms with van der Waals surface area (Å²) >= 11 is 0. The fraction of sp³-hybridized carbons (Fsp3) is 0.0526. The molecule has 8 heteroatoms. The van der Waals surface area contributed by atoms with Gasteiger partial charge in [0.15, 0.2) is 0 Å². The highest BCUT2D eigenvalue weighted by atomic mass is 32.2. The normalized spacial score (nSPS) is 11.0. The SMILES string of the molecule is COc1ccc(S(=O)(=O)N(c2ccccc2)c2ccccc2[N+](=O)[O-])cc1. The average molecular weight is 384 g/mol. The number of sulfonamides is 1. The van der Waals surface area contributed by atoms with Crippen LogP contribution in [0.25, 0.3) is 0 Å². The molecule has 138 valence electrons. The number of hydrogen-bond acceptors (Lipinski definition) is 5. The Hall–Kier alpha value is -3.39. The smallest absolute Gasteiger partial charge is 0.293 e. The molecule has 0 amide bonds. The molecule has 0 aliphatic rings. The van der Waals surface area contributed by atoms with Gasteiger partial charge >= 0.3 is 0 Å². The zero-order valence-corrected chi connectivity index (χ0v) is 15.2. The first-order valence-electron chi connectivity index (χ1n) is 7.93. The van der Waals surface area contributed by atoms with Crippen molar-refractivity contribution in [2.24, 2.45) is 0 Å². The van der Waals surface area contributed by atoms with E-state index in [1.54, 1.807) is 36.4 Å². The summed E-state index contributed by atoms with van der Waals surface area (Å²) in [5.74, 6) is 0.505. The first-order chi connectivity index (χ1) is 12.9. The van der Waals surface area contributed by atoms with E-state index >= 15 is 0 Å². The molecule has 0 atom stereocenters. The van der Waals surface area contributed by atoms with Gasteiger partial charge in [-0.3, -0.25) is 10.1 Å². The molecule has 3 rings (SSSR count). The topological polar surface area (TPSA) is 89.8 Å². The number of nitro benzene ring substituents is 1. The monoisotopic (exact) mass is 384 g/mol. The predicted octanol–water partition coefficient (Wildman–Crippen LogP) is 4.13. The maximum absolute atomic E-state index is 13.4. The maximum Gasteiger partial charge on any atom is 0.293 e. The number of hydrogen-bond donors (Lipinski definition) is 0. The van der Waals surface area contributed by atoms with Crippen molar-refractivity contribution in [1.29, 1.82) is 0 Å². The maximum atomic E-state index is 13.4. The van der Waals surface area contributed by atoms with Crippen LogP contribution in [-0.2, 0) is 10.0 Å². The van der Waals surface area contributed by atoms with Gasteiger partial charge in [0, 0.05) is 6.07 Å². The van der Waals surface area contributed by atoms with Gasteiger partial charge in [-0.1, -0.05) is 30.3 Å². The van der Waals surface area contributed by atoms with Crippen LogP contribution in [0.3, 0.4) is 0 Å². The average Bonchev–Trinajstić information content (AvgIpc) is 2.69. The summed E-state index contributed by atoms with van der Waals surface area (Å²) in [7, 11) is -2.64. The number of nitrogens with zero attached hydrogens (tertiary/aromatic N) is 2. The number of nitro groups is 1. The summed E-state index contributed by atoms with van der Waals surface area (Å²) in [6, 6.07) is 19.8. The molecule has 0 heterocycles. The van der Waals surface area contributed by atoms with Crippen molar-refractivity contribution in [2.75, 3.05) is 11.4 Å². The number of rotatable bonds is 6. The summed E-state index contributed by atoms with van der Waals surface area (Å²) in [5.41, 5.74) is -0.0504. The van der Waals surface area contributed by atoms with Crippen LogP contribution in [0.15, 0.2) is 83.8 Å². The summed E-state index contributed by atoms with van der Waals surface area (Å²) in [6.45, 7) is 0. The third kappa shape index (κ3) is 3.61. The fourth-order valence-electron chi connectivity index (χ4n) is 2.61. The minimum absolute atomic E-state index is 0.00898. The van der Waals surface area contributed by atoms with Crippen LogP contribution in [0.4, 0.5) is 17.1 Å². The van der Waals surface area contributed by atoms with E-state index in [0.717, 1.165) is 4.31 Å². The predicted molar refractivity (Wildman–Crippen MR) is 102 cm³/mol. The second-order valence-corrected chi connectivity index (χ2v) is 7.31. The van der Waals surface area contributed by atoms with Gasteiger partial charge in [0.1, 0.15) is 11.4 Å². The zero-order valence-electron chi connectivity index (χ0n) is 14.3. The van der Waals surface area contributed by atoms with Crippen molar-refractivity contribution in [2.45, 2.75) is 4.90 Å². The summed E-state index contributed by atoms with van der Waals surface area (Å²) in [5, 5.41) is 11.5. The molecule has 7 nitrogen and oxygen atoms in total. The van der Waals surface area contributed by atoms with Gasteiger partial charge < -0.3 is 4.74 Å². The van der Waals surface area contributed by atoms with Crippen LogP contribution in [-0.4, -0.2) is 20.5 Å². The number of para-hydroxylation sites is 3. The van der Waals surface area contributed by atoms with E-state index in [1.165, 1.54) is 49.6 Å². The Morgan fingerprint density at radius 2 is 1.48 bits per heavy atom. The standard InChI is InChI=1S/C19H16N2O5S/c1-26-16-11-13-17(14-12-16)27(24,25)20(15-7-3-2-4-8-15)18-9-5-6-10-19(18)21(22)23/h2-14H,1H3. The molecule has 0 saturated heterocycles. The highest BCUT2D eigenvalue weighted by Gasteiger charge is 2.31. The molecule has 0 N–H and O–H groups in total. The molecule has 0 bridgehead atoms. The van der Waals surface area contributed by atoms with Gasteiger partial charge in [0.25, 0.3) is 15.7 Å². The number of ether oxygens (including phenoxy) is 1. The molecule has 0 fully saturated rings. The molecule has 3 aromatic carbocycles. The highest BCUT2D eigenvalue weighted by Crippen LogP contribution is 2.38. The second-order valence-electron chi connectivity index (χ2n) is 5.53. The van der Waals surface area contributed by atoms with Gasteiger partial charge in [-0.05, 0) is 42.5 Å². The molecule has 0 aliphatic heterocycles. The van der Waals surface area contributed by atoms with Gasteiger partial charge in [-0.2, -0.15) is 0 Å². The third-order valence-corrected chi connectivity index (χ3v) is 5.64. The first-order valence-corrected chi connectivity index (χ1v) is 9.37. The molecule has 0 unspecified atom stereocenters. The van der Waals surface area contributed by atoms with E-state index in [2.05, 4.69) is 0 Å².